The largest absolute Gasteiger partial charge is 0.497 e. The maximum atomic E-state index is 13.2. The van der Waals surface area contributed by atoms with Gasteiger partial charge in [0.2, 0.25) is 5.91 Å². The van der Waals surface area contributed by atoms with Crippen molar-refractivity contribution in [2.75, 3.05) is 37.0 Å². The lowest BCUT2D eigenvalue weighted by molar-refractivity contribution is -0.117. The van der Waals surface area contributed by atoms with Gasteiger partial charge in [-0.2, -0.15) is 0 Å². The van der Waals surface area contributed by atoms with Gasteiger partial charge in [-0.05, 0) is 24.3 Å². The fourth-order valence-corrected chi connectivity index (χ4v) is 4.30. The van der Waals surface area contributed by atoms with E-state index in [-0.39, 0.29) is 23.1 Å². The lowest BCUT2D eigenvalue weighted by atomic mass is 10.2. The molecule has 3 rings (SSSR count). The summed E-state index contributed by atoms with van der Waals surface area (Å²) in [5.41, 5.74) is 0.984. The van der Waals surface area contributed by atoms with Crippen LogP contribution in [0.5, 0.6) is 11.5 Å². The van der Waals surface area contributed by atoms with Crippen LogP contribution in [0, 0.1) is 0 Å². The van der Waals surface area contributed by atoms with Crippen molar-refractivity contribution in [2.45, 2.75) is 4.90 Å². The quantitative estimate of drug-likeness (QED) is 0.830. The van der Waals surface area contributed by atoms with Crippen LogP contribution in [0.1, 0.15) is 0 Å². The van der Waals surface area contributed by atoms with Crippen molar-refractivity contribution >= 4 is 27.3 Å². The molecule has 1 amide bonds. The molecule has 1 aliphatic heterocycles. The van der Waals surface area contributed by atoms with Crippen LogP contribution in [0.4, 0.5) is 11.4 Å². The molecule has 0 unspecified atom stereocenters. The van der Waals surface area contributed by atoms with Crippen LogP contribution in [-0.2, 0) is 14.8 Å². The second kappa shape index (κ2) is 6.29. The first kappa shape index (κ1) is 17.1. The molecule has 7 nitrogen and oxygen atoms in total. The van der Waals surface area contributed by atoms with Crippen molar-refractivity contribution in [3.63, 3.8) is 0 Å². The molecule has 1 aliphatic rings. The highest BCUT2D eigenvalue weighted by molar-refractivity contribution is 7.93. The van der Waals surface area contributed by atoms with Gasteiger partial charge in [-0.25, -0.2) is 8.42 Å². The lowest BCUT2D eigenvalue weighted by Gasteiger charge is -2.34. The first-order valence-corrected chi connectivity index (χ1v) is 8.94. The van der Waals surface area contributed by atoms with Crippen LogP contribution >= 0.6 is 0 Å². The predicted octanol–water partition coefficient (Wildman–Crippen LogP) is 1.88. The van der Waals surface area contributed by atoms with Crippen molar-refractivity contribution in [1.82, 2.24) is 0 Å². The SMILES string of the molecule is COc1ccc(S(=O)(=O)N2CC(=O)N(C)c3ccccc32)c(OC)c1. The molecule has 1 heterocycles. The van der Waals surface area contributed by atoms with Gasteiger partial charge in [0.05, 0.1) is 25.6 Å². The fourth-order valence-electron chi connectivity index (χ4n) is 2.73. The highest BCUT2D eigenvalue weighted by Gasteiger charge is 2.36. The van der Waals surface area contributed by atoms with Crippen LogP contribution in [0.25, 0.3) is 0 Å². The first-order valence-electron chi connectivity index (χ1n) is 7.50. The number of sulfonamides is 1. The summed E-state index contributed by atoms with van der Waals surface area (Å²) in [7, 11) is 0.500. The minimum Gasteiger partial charge on any atom is -0.497 e. The Balaban J connectivity index is 2.16. The number of likely N-dealkylation sites (N-methyl/N-ethyl adjacent to an activating group) is 1. The minimum absolute atomic E-state index is 0.0250. The number of hydrogen-bond acceptors (Lipinski definition) is 5. The first-order chi connectivity index (χ1) is 11.9. The predicted molar refractivity (Wildman–Crippen MR) is 93.9 cm³/mol. The molecule has 0 fully saturated rings. The molecule has 2 aromatic rings. The Morgan fingerprint density at radius 2 is 1.68 bits per heavy atom. The third kappa shape index (κ3) is 2.78. The molecule has 25 heavy (non-hydrogen) atoms. The van der Waals surface area contributed by atoms with Crippen LogP contribution in [0.15, 0.2) is 47.4 Å². The van der Waals surface area contributed by atoms with Gasteiger partial charge in [-0.1, -0.05) is 12.1 Å². The lowest BCUT2D eigenvalue weighted by Crippen LogP contribution is -2.46. The summed E-state index contributed by atoms with van der Waals surface area (Å²) in [5.74, 6) is 0.323. The normalized spacial score (nSPS) is 14.3. The van der Waals surface area contributed by atoms with Gasteiger partial charge in [0.25, 0.3) is 10.0 Å². The van der Waals surface area contributed by atoms with Crippen LogP contribution in [-0.4, -0.2) is 42.1 Å². The molecule has 0 aliphatic carbocycles. The molecule has 0 spiro atoms. The van der Waals surface area contributed by atoms with Crippen LogP contribution in [0.2, 0.25) is 0 Å². The number of benzene rings is 2. The number of amides is 1. The second-order valence-electron chi connectivity index (χ2n) is 5.47. The molecule has 0 bridgehead atoms. The van der Waals surface area contributed by atoms with E-state index in [2.05, 4.69) is 0 Å². The second-order valence-corrected chi connectivity index (χ2v) is 7.30. The zero-order chi connectivity index (χ0) is 18.2. The van der Waals surface area contributed by atoms with Gasteiger partial charge in [-0.3, -0.25) is 9.10 Å². The summed E-state index contributed by atoms with van der Waals surface area (Å²) in [6.45, 7) is -0.273. The van der Waals surface area contributed by atoms with Crippen molar-refractivity contribution in [1.29, 1.82) is 0 Å². The third-order valence-electron chi connectivity index (χ3n) is 4.10. The third-order valence-corrected chi connectivity index (χ3v) is 5.90. The average molecular weight is 362 g/mol. The Hall–Kier alpha value is -2.74. The molecule has 0 N–H and O–H groups in total. The van der Waals surface area contributed by atoms with E-state index in [0.29, 0.717) is 17.1 Å². The van der Waals surface area contributed by atoms with E-state index in [4.69, 9.17) is 9.47 Å². The monoisotopic (exact) mass is 362 g/mol. The molecule has 0 saturated heterocycles. The molecule has 0 atom stereocenters. The minimum atomic E-state index is -3.99. The van der Waals surface area contributed by atoms with Gasteiger partial charge in [0.1, 0.15) is 22.9 Å². The van der Waals surface area contributed by atoms with E-state index in [9.17, 15) is 13.2 Å². The summed E-state index contributed by atoms with van der Waals surface area (Å²) in [6.07, 6.45) is 0. The highest BCUT2D eigenvalue weighted by Crippen LogP contribution is 2.38. The number of hydrogen-bond donors (Lipinski definition) is 0. The zero-order valence-electron chi connectivity index (χ0n) is 14.1. The number of rotatable bonds is 4. The Kier molecular flexibility index (Phi) is 4.30. The van der Waals surface area contributed by atoms with Crippen molar-refractivity contribution in [2.24, 2.45) is 0 Å². The standard InChI is InChI=1S/C17H18N2O5S/c1-18-13-6-4-5-7-14(13)19(11-17(18)20)25(21,22)16-9-8-12(23-2)10-15(16)24-3/h4-10H,11H2,1-3H3. The fraction of sp³-hybridized carbons (Fsp3) is 0.235. The number of nitrogens with zero attached hydrogens (tertiary/aromatic N) is 2. The Morgan fingerprint density at radius 1 is 1.00 bits per heavy atom. The summed E-state index contributed by atoms with van der Waals surface area (Å²) >= 11 is 0. The molecule has 8 heteroatoms. The van der Waals surface area contributed by atoms with E-state index in [1.54, 1.807) is 37.4 Å². The van der Waals surface area contributed by atoms with E-state index in [1.807, 2.05) is 0 Å². The molecular weight excluding hydrogens is 344 g/mol. The number of para-hydroxylation sites is 2. The van der Waals surface area contributed by atoms with Gasteiger partial charge in [0.15, 0.2) is 0 Å². The molecule has 2 aromatic carbocycles. The van der Waals surface area contributed by atoms with E-state index in [0.717, 1.165) is 4.31 Å². The van der Waals surface area contributed by atoms with Gasteiger partial charge >= 0.3 is 0 Å². The Morgan fingerprint density at radius 3 is 2.32 bits per heavy atom. The maximum absolute atomic E-state index is 13.2. The number of ether oxygens (including phenoxy) is 2. The Bertz CT molecular complexity index is 926. The van der Waals surface area contributed by atoms with Crippen molar-refractivity contribution in [3.05, 3.63) is 42.5 Å². The molecule has 0 aromatic heterocycles. The van der Waals surface area contributed by atoms with Crippen molar-refractivity contribution < 1.29 is 22.7 Å². The van der Waals surface area contributed by atoms with Gasteiger partial charge in [0, 0.05) is 13.1 Å². The average Bonchev–Trinajstić information content (AvgIpc) is 2.63. The van der Waals surface area contributed by atoms with E-state index < -0.39 is 10.0 Å². The highest BCUT2D eigenvalue weighted by atomic mass is 32.2. The zero-order valence-corrected chi connectivity index (χ0v) is 14.9. The number of fused-ring (bicyclic) bond motifs is 1. The van der Waals surface area contributed by atoms with Gasteiger partial charge < -0.3 is 14.4 Å². The molecule has 0 radical (unpaired) electrons. The van der Waals surface area contributed by atoms with E-state index in [1.165, 1.54) is 31.3 Å². The summed E-state index contributed by atoms with van der Waals surface area (Å²) in [4.78, 5) is 13.7. The number of methoxy groups -OCH3 is 2. The summed E-state index contributed by atoms with van der Waals surface area (Å²) < 4.78 is 37.9. The smallest absolute Gasteiger partial charge is 0.268 e. The van der Waals surface area contributed by atoms with Gasteiger partial charge in [-0.15, -0.1) is 0 Å². The number of carbonyl (C=O) groups is 1. The van der Waals surface area contributed by atoms with Crippen molar-refractivity contribution in [3.8, 4) is 11.5 Å². The maximum Gasteiger partial charge on any atom is 0.268 e. The van der Waals surface area contributed by atoms with Crippen LogP contribution < -0.4 is 18.7 Å². The molecular formula is C17H18N2O5S. The molecule has 132 valence electrons. The topological polar surface area (TPSA) is 76.2 Å². The molecule has 0 saturated carbocycles. The van der Waals surface area contributed by atoms with E-state index >= 15 is 0 Å². The van der Waals surface area contributed by atoms with Crippen LogP contribution in [0.3, 0.4) is 0 Å². The Labute approximate surface area is 146 Å². The summed E-state index contributed by atoms with van der Waals surface area (Å²) in [5, 5.41) is 0. The number of anilines is 2. The summed E-state index contributed by atoms with van der Waals surface area (Å²) in [6, 6.07) is 11.3. The number of carbonyl (C=O) groups excluding carboxylic acids is 1.